The Labute approximate surface area is 127 Å². The molecule has 0 fully saturated rings. The van der Waals surface area contributed by atoms with Crippen LogP contribution in [0, 0.1) is 13.8 Å². The van der Waals surface area contributed by atoms with Gasteiger partial charge in [0.2, 0.25) is 0 Å². The number of aryl methyl sites for hydroxylation is 2. The summed E-state index contributed by atoms with van der Waals surface area (Å²) in [6, 6.07) is 7.75. The largest absolute Gasteiger partial charge is 0.396 e. The molecule has 0 radical (unpaired) electrons. The van der Waals surface area contributed by atoms with E-state index in [4.69, 9.17) is 11.5 Å². The van der Waals surface area contributed by atoms with Crippen molar-refractivity contribution in [1.29, 1.82) is 0 Å². The molecule has 1 aromatic carbocycles. The number of carbonyl (C=O) groups is 1. The molecule has 2 aromatic heterocycles. The van der Waals surface area contributed by atoms with E-state index in [0.29, 0.717) is 17.2 Å². The Morgan fingerprint density at radius 2 is 1.86 bits per heavy atom. The molecular formula is C15H16N6O. The number of nitrogens with one attached hydrogen (secondary N) is 1. The molecule has 1 amide bonds. The van der Waals surface area contributed by atoms with Gasteiger partial charge in [-0.25, -0.2) is 9.50 Å². The summed E-state index contributed by atoms with van der Waals surface area (Å²) in [6.07, 6.45) is 1.36. The Morgan fingerprint density at radius 3 is 2.50 bits per heavy atom. The van der Waals surface area contributed by atoms with E-state index in [2.05, 4.69) is 21.5 Å². The molecule has 0 saturated carbocycles. The molecule has 0 aliphatic carbocycles. The van der Waals surface area contributed by atoms with Crippen LogP contribution in [0.25, 0.3) is 5.65 Å². The predicted molar refractivity (Wildman–Crippen MR) is 85.1 cm³/mol. The van der Waals surface area contributed by atoms with E-state index in [1.165, 1.54) is 10.7 Å². The van der Waals surface area contributed by atoms with Crippen molar-refractivity contribution in [3.05, 3.63) is 47.3 Å². The van der Waals surface area contributed by atoms with Crippen molar-refractivity contribution < 1.29 is 4.79 Å². The van der Waals surface area contributed by atoms with Crippen molar-refractivity contribution in [2.45, 2.75) is 13.8 Å². The highest BCUT2D eigenvalue weighted by Crippen LogP contribution is 2.22. The van der Waals surface area contributed by atoms with Crippen LogP contribution in [0.3, 0.4) is 0 Å². The van der Waals surface area contributed by atoms with Gasteiger partial charge in [0, 0.05) is 11.8 Å². The van der Waals surface area contributed by atoms with E-state index in [-0.39, 0.29) is 5.69 Å². The number of benzene rings is 1. The summed E-state index contributed by atoms with van der Waals surface area (Å²) < 4.78 is 1.35. The van der Waals surface area contributed by atoms with Gasteiger partial charge in [0.25, 0.3) is 5.91 Å². The number of nitrogens with zero attached hydrogens (tertiary/aromatic N) is 3. The molecule has 3 rings (SSSR count). The molecule has 0 unspecified atom stereocenters. The number of rotatable bonds is 3. The van der Waals surface area contributed by atoms with Crippen molar-refractivity contribution in [1.82, 2.24) is 14.6 Å². The topological polar surface area (TPSA) is 111 Å². The number of hydrogen-bond donors (Lipinski definition) is 3. The summed E-state index contributed by atoms with van der Waals surface area (Å²) in [6.45, 7) is 4.04. The average molecular weight is 296 g/mol. The quantitative estimate of drug-likeness (QED) is 0.682. The number of carbonyl (C=O) groups excluding carboxylic acids is 1. The Bertz CT molecular complexity index is 863. The van der Waals surface area contributed by atoms with Crippen molar-refractivity contribution in [2.75, 3.05) is 11.1 Å². The summed E-state index contributed by atoms with van der Waals surface area (Å²) in [5, 5.41) is 7.52. The second-order valence-corrected chi connectivity index (χ2v) is 5.23. The van der Waals surface area contributed by atoms with Gasteiger partial charge < -0.3 is 16.8 Å². The Kier molecular flexibility index (Phi) is 3.17. The third kappa shape index (κ3) is 2.44. The number of hydrogen-bond acceptors (Lipinski definition) is 5. The van der Waals surface area contributed by atoms with Gasteiger partial charge in [-0.2, -0.15) is 0 Å². The first-order valence-electron chi connectivity index (χ1n) is 6.73. The maximum Gasteiger partial charge on any atom is 0.269 e. The molecule has 0 atom stereocenters. The van der Waals surface area contributed by atoms with Gasteiger partial charge in [-0.15, -0.1) is 5.10 Å². The van der Waals surface area contributed by atoms with Gasteiger partial charge >= 0.3 is 0 Å². The third-order valence-electron chi connectivity index (χ3n) is 3.24. The normalized spacial score (nSPS) is 10.8. The standard InChI is InChI=1S/C15H16N6O/c1-8-3-9(2)5-10(4-8)19-13-6-11(16)15-18-7-12(14(17)22)21(15)20-13/h3-7H,16H2,1-2H3,(H2,17,22)(H,19,20). The maximum atomic E-state index is 11.4. The van der Waals surface area contributed by atoms with Gasteiger partial charge in [0.15, 0.2) is 11.5 Å². The molecule has 5 N–H and O–H groups in total. The average Bonchev–Trinajstić information content (AvgIpc) is 2.81. The summed E-state index contributed by atoms with van der Waals surface area (Å²) in [4.78, 5) is 15.5. The molecule has 2 heterocycles. The van der Waals surface area contributed by atoms with Crippen LogP contribution in [0.5, 0.6) is 0 Å². The molecule has 3 aromatic rings. The van der Waals surface area contributed by atoms with Crippen LogP contribution in [0.4, 0.5) is 17.2 Å². The molecule has 7 heteroatoms. The van der Waals surface area contributed by atoms with Gasteiger partial charge in [0.05, 0.1) is 11.9 Å². The van der Waals surface area contributed by atoms with Crippen molar-refractivity contribution in [3.8, 4) is 0 Å². The fourth-order valence-corrected chi connectivity index (χ4v) is 2.42. The molecular weight excluding hydrogens is 280 g/mol. The Hall–Kier alpha value is -3.09. The number of amides is 1. The number of fused-ring (bicyclic) bond motifs is 1. The minimum Gasteiger partial charge on any atom is -0.396 e. The van der Waals surface area contributed by atoms with Crippen molar-refractivity contribution >= 4 is 28.7 Å². The monoisotopic (exact) mass is 296 g/mol. The van der Waals surface area contributed by atoms with Gasteiger partial charge in [-0.1, -0.05) is 6.07 Å². The van der Waals surface area contributed by atoms with Crippen LogP contribution >= 0.6 is 0 Å². The zero-order chi connectivity index (χ0) is 15.9. The van der Waals surface area contributed by atoms with E-state index in [0.717, 1.165) is 16.8 Å². The molecule has 0 spiro atoms. The zero-order valence-corrected chi connectivity index (χ0v) is 12.3. The SMILES string of the molecule is Cc1cc(C)cc(Nc2cc(N)c3ncc(C(N)=O)n3n2)c1. The highest BCUT2D eigenvalue weighted by molar-refractivity contribution is 5.92. The van der Waals surface area contributed by atoms with Crippen molar-refractivity contribution in [2.24, 2.45) is 5.73 Å². The van der Waals surface area contributed by atoms with Crippen LogP contribution in [-0.4, -0.2) is 20.5 Å². The summed E-state index contributed by atoms with van der Waals surface area (Å²) in [5.74, 6) is -0.0987. The van der Waals surface area contributed by atoms with E-state index >= 15 is 0 Å². The Balaban J connectivity index is 2.07. The first-order chi connectivity index (χ1) is 10.4. The fraction of sp³-hybridized carbons (Fsp3) is 0.133. The minimum atomic E-state index is -0.608. The van der Waals surface area contributed by atoms with Gasteiger partial charge in [0.1, 0.15) is 5.69 Å². The van der Waals surface area contributed by atoms with E-state index < -0.39 is 5.91 Å². The first-order valence-corrected chi connectivity index (χ1v) is 6.73. The first kappa shape index (κ1) is 13.9. The van der Waals surface area contributed by atoms with Crippen LogP contribution in [0.1, 0.15) is 21.6 Å². The summed E-state index contributed by atoms with van der Waals surface area (Å²) >= 11 is 0. The maximum absolute atomic E-state index is 11.4. The van der Waals surface area contributed by atoms with Gasteiger partial charge in [-0.05, 0) is 37.1 Å². The van der Waals surface area contributed by atoms with Crippen LogP contribution in [0.15, 0.2) is 30.5 Å². The van der Waals surface area contributed by atoms with Crippen LogP contribution < -0.4 is 16.8 Å². The third-order valence-corrected chi connectivity index (χ3v) is 3.24. The van der Waals surface area contributed by atoms with Crippen LogP contribution in [0.2, 0.25) is 0 Å². The molecule has 0 aliphatic rings. The number of primary amides is 1. The molecule has 22 heavy (non-hydrogen) atoms. The zero-order valence-electron chi connectivity index (χ0n) is 12.3. The van der Waals surface area contributed by atoms with E-state index in [1.54, 1.807) is 6.07 Å². The molecule has 0 bridgehead atoms. The minimum absolute atomic E-state index is 0.186. The molecule has 0 aliphatic heterocycles. The van der Waals surface area contributed by atoms with Crippen LogP contribution in [-0.2, 0) is 0 Å². The lowest BCUT2D eigenvalue weighted by molar-refractivity contribution is 0.0993. The van der Waals surface area contributed by atoms with Gasteiger partial charge in [-0.3, -0.25) is 4.79 Å². The van der Waals surface area contributed by atoms with E-state index in [1.807, 2.05) is 26.0 Å². The summed E-state index contributed by atoms with van der Waals surface area (Å²) in [7, 11) is 0. The molecule has 112 valence electrons. The Morgan fingerprint density at radius 1 is 1.18 bits per heavy atom. The molecule has 0 saturated heterocycles. The number of imidazole rings is 1. The number of nitrogens with two attached hydrogens (primary N) is 2. The smallest absolute Gasteiger partial charge is 0.269 e. The lowest BCUT2D eigenvalue weighted by Gasteiger charge is -2.09. The number of anilines is 3. The number of nitrogen functional groups attached to an aromatic ring is 1. The fourth-order valence-electron chi connectivity index (χ4n) is 2.42. The predicted octanol–water partition coefficient (Wildman–Crippen LogP) is 1.77. The second kappa shape index (κ2) is 5.03. The summed E-state index contributed by atoms with van der Waals surface area (Å²) in [5.41, 5.74) is 15.4. The highest BCUT2D eigenvalue weighted by atomic mass is 16.1. The van der Waals surface area contributed by atoms with Crippen molar-refractivity contribution in [3.63, 3.8) is 0 Å². The second-order valence-electron chi connectivity index (χ2n) is 5.23. The lowest BCUT2D eigenvalue weighted by Crippen LogP contribution is -2.15. The lowest BCUT2D eigenvalue weighted by atomic mass is 10.1. The van der Waals surface area contributed by atoms with E-state index in [9.17, 15) is 4.79 Å². The number of aromatic nitrogens is 3. The highest BCUT2D eigenvalue weighted by Gasteiger charge is 2.13. The molecule has 7 nitrogen and oxygen atoms in total.